The topological polar surface area (TPSA) is 66.8 Å². The Morgan fingerprint density at radius 1 is 1.33 bits per heavy atom. The third kappa shape index (κ3) is 2.78. The van der Waals surface area contributed by atoms with Crippen LogP contribution >= 0.6 is 0 Å². The summed E-state index contributed by atoms with van der Waals surface area (Å²) < 4.78 is 22.5. The summed E-state index contributed by atoms with van der Waals surface area (Å²) in [5, 5.41) is 0. The summed E-state index contributed by atoms with van der Waals surface area (Å²) in [6.45, 7) is 1.24. The van der Waals surface area contributed by atoms with Crippen LogP contribution in [0.2, 0.25) is 0 Å². The van der Waals surface area contributed by atoms with Gasteiger partial charge in [-0.25, -0.2) is 4.79 Å². The molecule has 0 aromatic rings. The van der Waals surface area contributed by atoms with Crippen LogP contribution in [0.15, 0.2) is 0 Å². The van der Waals surface area contributed by atoms with Gasteiger partial charge >= 0.3 is 17.5 Å². The molecule has 5 nitrogen and oxygen atoms in total. The van der Waals surface area contributed by atoms with Gasteiger partial charge in [0.05, 0.1) is 0 Å². The lowest BCUT2D eigenvalue weighted by molar-refractivity contribution is 0.144. The number of carbonyl (C=O) groups is 1. The highest BCUT2D eigenvalue weighted by atomic mass is 32.2. The molecular weight excluding hydrogens is 182 g/mol. The first kappa shape index (κ1) is 9.47. The lowest BCUT2D eigenvalue weighted by Crippen LogP contribution is -2.36. The van der Waals surface area contributed by atoms with E-state index in [1.165, 1.54) is 4.90 Å². The zero-order valence-corrected chi connectivity index (χ0v) is 7.38. The van der Waals surface area contributed by atoms with Gasteiger partial charge < -0.3 is 9.08 Å². The number of likely N-dealkylation sites (tertiary alicyclic amines) is 1. The molecule has 1 N–H and O–H groups in total. The van der Waals surface area contributed by atoms with Gasteiger partial charge in [-0.1, -0.05) is 0 Å². The van der Waals surface area contributed by atoms with Crippen molar-refractivity contribution in [1.82, 2.24) is 4.90 Å². The normalized spacial score (nSPS) is 20.2. The first-order valence-electron chi connectivity index (χ1n) is 3.78. The van der Waals surface area contributed by atoms with Crippen LogP contribution in [-0.4, -0.2) is 32.8 Å². The van der Waals surface area contributed by atoms with Crippen LogP contribution in [0, 0.1) is 0 Å². The maximum atomic E-state index is 11.0. The fourth-order valence-corrected chi connectivity index (χ4v) is 1.42. The number of hydrogen-bond donors (Lipinski definition) is 1. The summed E-state index contributed by atoms with van der Waals surface area (Å²) >= 11 is -2.49. The molecule has 6 heteroatoms. The molecular formula is C6H11NO4S. The Labute approximate surface area is 73.2 Å². The van der Waals surface area contributed by atoms with Crippen molar-refractivity contribution in [1.29, 1.82) is 0 Å². The Kier molecular flexibility index (Phi) is 3.48. The third-order valence-electron chi connectivity index (χ3n) is 1.76. The lowest BCUT2D eigenvalue weighted by Gasteiger charge is -2.24. The first-order chi connectivity index (χ1) is 5.70. The molecule has 70 valence electrons. The molecule has 0 aromatic carbocycles. The molecule has 1 amide bonds. The van der Waals surface area contributed by atoms with E-state index in [1.54, 1.807) is 0 Å². The molecule has 1 unspecified atom stereocenters. The fourth-order valence-electron chi connectivity index (χ4n) is 1.19. The minimum atomic E-state index is -2.49. The third-order valence-corrected chi connectivity index (χ3v) is 2.04. The van der Waals surface area contributed by atoms with Gasteiger partial charge in [-0.05, 0) is 19.3 Å². The van der Waals surface area contributed by atoms with Crippen molar-refractivity contribution in [3.05, 3.63) is 0 Å². The van der Waals surface area contributed by atoms with E-state index >= 15 is 0 Å². The van der Waals surface area contributed by atoms with Crippen LogP contribution in [0.1, 0.15) is 19.3 Å². The largest absolute Gasteiger partial charge is 0.425 e. The van der Waals surface area contributed by atoms with Crippen molar-refractivity contribution in [3.8, 4) is 0 Å². The zero-order chi connectivity index (χ0) is 8.97. The average molecular weight is 193 g/mol. The van der Waals surface area contributed by atoms with E-state index in [0.29, 0.717) is 13.1 Å². The lowest BCUT2D eigenvalue weighted by atomic mass is 10.1. The van der Waals surface area contributed by atoms with E-state index in [1.807, 2.05) is 0 Å². The smallest absolute Gasteiger partial charge is 0.325 e. The van der Waals surface area contributed by atoms with E-state index < -0.39 is 17.5 Å². The van der Waals surface area contributed by atoms with Gasteiger partial charge in [0, 0.05) is 13.1 Å². The van der Waals surface area contributed by atoms with E-state index in [-0.39, 0.29) is 0 Å². The quantitative estimate of drug-likeness (QED) is 0.624. The van der Waals surface area contributed by atoms with Crippen LogP contribution < -0.4 is 0 Å². The molecule has 1 rings (SSSR count). The minimum absolute atomic E-state index is 0.621. The second kappa shape index (κ2) is 4.42. The Balaban J connectivity index is 2.34. The van der Waals surface area contributed by atoms with Gasteiger partial charge in [-0.2, -0.15) is 4.21 Å². The van der Waals surface area contributed by atoms with Crippen LogP contribution in [0.3, 0.4) is 0 Å². The number of piperidine rings is 1. The van der Waals surface area contributed by atoms with Crippen molar-refractivity contribution in [2.75, 3.05) is 13.1 Å². The molecule has 0 spiro atoms. The van der Waals surface area contributed by atoms with Crippen LogP contribution in [0.5, 0.6) is 0 Å². The van der Waals surface area contributed by atoms with Crippen LogP contribution in [0.25, 0.3) is 0 Å². The Morgan fingerprint density at radius 3 is 2.42 bits per heavy atom. The molecule has 1 saturated heterocycles. The van der Waals surface area contributed by atoms with Gasteiger partial charge in [0.15, 0.2) is 0 Å². The van der Waals surface area contributed by atoms with Crippen molar-refractivity contribution in [2.24, 2.45) is 0 Å². The number of rotatable bonds is 1. The second-order valence-electron chi connectivity index (χ2n) is 2.61. The van der Waals surface area contributed by atoms with Crippen LogP contribution in [0.4, 0.5) is 4.79 Å². The van der Waals surface area contributed by atoms with Crippen molar-refractivity contribution < 1.29 is 17.7 Å². The molecule has 1 aliphatic rings. The van der Waals surface area contributed by atoms with Crippen LogP contribution in [-0.2, 0) is 15.5 Å². The van der Waals surface area contributed by atoms with Crippen molar-refractivity contribution in [2.45, 2.75) is 19.3 Å². The van der Waals surface area contributed by atoms with E-state index in [0.717, 1.165) is 19.3 Å². The number of carbonyl (C=O) groups excluding carboxylic acids is 1. The first-order valence-corrected chi connectivity index (χ1v) is 4.81. The molecule has 0 aromatic heterocycles. The van der Waals surface area contributed by atoms with Gasteiger partial charge in [0.25, 0.3) is 0 Å². The van der Waals surface area contributed by atoms with Crippen molar-refractivity contribution >= 4 is 17.5 Å². The molecule has 1 heterocycles. The van der Waals surface area contributed by atoms with Gasteiger partial charge in [0.1, 0.15) is 0 Å². The number of hydrogen-bond acceptors (Lipinski definition) is 3. The number of nitrogens with zero attached hydrogens (tertiary/aromatic N) is 1. The van der Waals surface area contributed by atoms with Gasteiger partial charge in [-0.15, -0.1) is 0 Å². The standard InChI is InChI=1S/C6H11NO4S/c8-6(11-12(9)10)7-4-2-1-3-5-7/h1-5H2,(H,9,10). The maximum absolute atomic E-state index is 11.0. The maximum Gasteiger partial charge on any atom is 0.425 e. The van der Waals surface area contributed by atoms with E-state index in [9.17, 15) is 9.00 Å². The molecule has 0 aliphatic carbocycles. The highest BCUT2D eigenvalue weighted by molar-refractivity contribution is 7.74. The Bertz CT molecular complexity index is 190. The fraction of sp³-hybridized carbons (Fsp3) is 0.833. The Morgan fingerprint density at radius 2 is 1.92 bits per heavy atom. The molecule has 12 heavy (non-hydrogen) atoms. The summed E-state index contributed by atoms with van der Waals surface area (Å²) in [6.07, 6.45) is 2.28. The minimum Gasteiger partial charge on any atom is -0.325 e. The summed E-state index contributed by atoms with van der Waals surface area (Å²) in [5.41, 5.74) is 0. The summed E-state index contributed by atoms with van der Waals surface area (Å²) in [7, 11) is 0. The highest BCUT2D eigenvalue weighted by Gasteiger charge is 2.19. The summed E-state index contributed by atoms with van der Waals surface area (Å²) in [4.78, 5) is 12.4. The molecule has 0 saturated carbocycles. The number of amides is 1. The van der Waals surface area contributed by atoms with E-state index in [4.69, 9.17) is 4.55 Å². The highest BCUT2D eigenvalue weighted by Crippen LogP contribution is 2.09. The Hall–Kier alpha value is -0.620. The molecule has 0 radical (unpaired) electrons. The monoisotopic (exact) mass is 193 g/mol. The predicted octanol–water partition coefficient (Wildman–Crippen LogP) is 0.746. The van der Waals surface area contributed by atoms with Crippen molar-refractivity contribution in [3.63, 3.8) is 0 Å². The predicted molar refractivity (Wildman–Crippen MR) is 42.7 cm³/mol. The molecule has 1 atom stereocenters. The second-order valence-corrected chi connectivity index (χ2v) is 3.21. The molecule has 1 aliphatic heterocycles. The van der Waals surface area contributed by atoms with Gasteiger partial charge in [-0.3, -0.25) is 4.55 Å². The van der Waals surface area contributed by atoms with Gasteiger partial charge in [0.2, 0.25) is 0 Å². The zero-order valence-electron chi connectivity index (χ0n) is 6.56. The summed E-state index contributed by atoms with van der Waals surface area (Å²) in [6, 6.07) is 0. The molecule has 1 fully saturated rings. The average Bonchev–Trinajstić information content (AvgIpc) is 2.05. The van der Waals surface area contributed by atoms with E-state index in [2.05, 4.69) is 4.18 Å². The summed E-state index contributed by atoms with van der Waals surface area (Å²) in [5.74, 6) is 0. The molecule has 0 bridgehead atoms. The SMILES string of the molecule is O=C(OS(=O)O)N1CCCCC1.